The lowest BCUT2D eigenvalue weighted by Crippen LogP contribution is -2.21. The average Bonchev–Trinajstić information content (AvgIpc) is 3.21. The number of pyridine rings is 1. The van der Waals surface area contributed by atoms with Gasteiger partial charge in [0.15, 0.2) is 0 Å². The predicted molar refractivity (Wildman–Crippen MR) is 102 cm³/mol. The minimum absolute atomic E-state index is 0.245. The summed E-state index contributed by atoms with van der Waals surface area (Å²) in [4.78, 5) is 15.1. The molecule has 142 valence electrons. The fourth-order valence-electron chi connectivity index (χ4n) is 3.60. The van der Waals surface area contributed by atoms with Crippen molar-refractivity contribution in [1.29, 1.82) is 0 Å². The number of carboxylic acid groups (broad SMARTS) is 1. The SMILES string of the molecule is Cc1cc(C[C@@H]2CN(Cc3ccc4ncccc4c3)C[C@H]2O)n[nH]1.O=CO. The smallest absolute Gasteiger partial charge is 0.290 e. The molecule has 0 bridgehead atoms. The van der Waals surface area contributed by atoms with Crippen molar-refractivity contribution < 1.29 is 15.0 Å². The number of β-amino-alcohol motifs (C(OH)–C–C–N with tert-alkyl or cyclic N) is 1. The number of rotatable bonds is 4. The number of fused-ring (bicyclic) bond motifs is 1. The Morgan fingerprint density at radius 2 is 2.11 bits per heavy atom. The van der Waals surface area contributed by atoms with Gasteiger partial charge in [-0.3, -0.25) is 19.8 Å². The fraction of sp³-hybridized carbons (Fsp3) is 0.350. The van der Waals surface area contributed by atoms with Gasteiger partial charge >= 0.3 is 0 Å². The highest BCUT2D eigenvalue weighted by Crippen LogP contribution is 2.23. The maximum absolute atomic E-state index is 10.4. The van der Waals surface area contributed by atoms with Crippen molar-refractivity contribution in [3.05, 3.63) is 59.5 Å². The number of aliphatic hydroxyl groups is 1. The molecule has 7 nitrogen and oxygen atoms in total. The van der Waals surface area contributed by atoms with Gasteiger partial charge in [-0.2, -0.15) is 5.10 Å². The van der Waals surface area contributed by atoms with Gasteiger partial charge in [0, 0.05) is 42.8 Å². The molecule has 1 fully saturated rings. The Morgan fingerprint density at radius 3 is 2.85 bits per heavy atom. The largest absolute Gasteiger partial charge is 0.483 e. The van der Waals surface area contributed by atoms with Gasteiger partial charge < -0.3 is 10.2 Å². The number of nitrogens with one attached hydrogen (secondary N) is 1. The third-order valence-electron chi connectivity index (χ3n) is 4.79. The van der Waals surface area contributed by atoms with Crippen LogP contribution in [0.5, 0.6) is 0 Å². The maximum atomic E-state index is 10.4. The van der Waals surface area contributed by atoms with Gasteiger partial charge in [0.25, 0.3) is 6.47 Å². The van der Waals surface area contributed by atoms with Crippen LogP contribution in [0.25, 0.3) is 10.9 Å². The molecule has 0 unspecified atom stereocenters. The first-order valence-corrected chi connectivity index (χ1v) is 8.92. The first-order valence-electron chi connectivity index (χ1n) is 8.92. The molecule has 1 aromatic carbocycles. The number of hydrogen-bond acceptors (Lipinski definition) is 5. The number of aromatic nitrogens is 3. The first kappa shape index (κ1) is 19.0. The van der Waals surface area contributed by atoms with Gasteiger partial charge in [-0.05, 0) is 43.2 Å². The van der Waals surface area contributed by atoms with E-state index >= 15 is 0 Å². The summed E-state index contributed by atoms with van der Waals surface area (Å²) in [7, 11) is 0. The van der Waals surface area contributed by atoms with Crippen LogP contribution in [0.4, 0.5) is 0 Å². The molecule has 1 aliphatic heterocycles. The van der Waals surface area contributed by atoms with Gasteiger partial charge in [0.2, 0.25) is 0 Å². The van der Waals surface area contributed by atoms with E-state index in [1.807, 2.05) is 19.2 Å². The number of nitrogens with zero attached hydrogens (tertiary/aromatic N) is 3. The van der Waals surface area contributed by atoms with E-state index < -0.39 is 0 Å². The Labute approximate surface area is 157 Å². The molecule has 0 radical (unpaired) electrons. The molecular formula is C20H24N4O3. The van der Waals surface area contributed by atoms with Gasteiger partial charge in [-0.1, -0.05) is 12.1 Å². The second kappa shape index (κ2) is 8.75. The van der Waals surface area contributed by atoms with Crippen molar-refractivity contribution in [3.63, 3.8) is 0 Å². The highest BCUT2D eigenvalue weighted by molar-refractivity contribution is 5.78. The van der Waals surface area contributed by atoms with Crippen LogP contribution in [0.3, 0.4) is 0 Å². The molecule has 0 spiro atoms. The summed E-state index contributed by atoms with van der Waals surface area (Å²) >= 11 is 0. The fourth-order valence-corrected chi connectivity index (χ4v) is 3.60. The molecule has 4 rings (SSSR count). The van der Waals surface area contributed by atoms with Gasteiger partial charge in [0.05, 0.1) is 17.3 Å². The van der Waals surface area contributed by atoms with E-state index in [0.717, 1.165) is 43.0 Å². The molecule has 0 saturated carbocycles. The number of aliphatic hydroxyl groups excluding tert-OH is 1. The average molecular weight is 368 g/mol. The molecule has 3 aromatic rings. The highest BCUT2D eigenvalue weighted by atomic mass is 16.3. The highest BCUT2D eigenvalue weighted by Gasteiger charge is 2.31. The van der Waals surface area contributed by atoms with E-state index in [-0.39, 0.29) is 18.5 Å². The molecule has 3 heterocycles. The van der Waals surface area contributed by atoms with Crippen LogP contribution in [0.1, 0.15) is 17.0 Å². The number of hydrogen-bond donors (Lipinski definition) is 3. The van der Waals surface area contributed by atoms with E-state index in [0.29, 0.717) is 0 Å². The molecule has 7 heteroatoms. The van der Waals surface area contributed by atoms with Crippen LogP contribution < -0.4 is 0 Å². The third-order valence-corrected chi connectivity index (χ3v) is 4.79. The normalized spacial score (nSPS) is 19.6. The minimum atomic E-state index is -0.288. The number of likely N-dealkylation sites (tertiary alicyclic amines) is 1. The minimum Gasteiger partial charge on any atom is -0.483 e. The summed E-state index contributed by atoms with van der Waals surface area (Å²) in [6.07, 6.45) is 2.35. The summed E-state index contributed by atoms with van der Waals surface area (Å²) in [6.45, 7) is 4.23. The van der Waals surface area contributed by atoms with E-state index in [4.69, 9.17) is 9.90 Å². The molecular weight excluding hydrogens is 344 g/mol. The van der Waals surface area contributed by atoms with E-state index in [1.54, 1.807) is 0 Å². The topological polar surface area (TPSA) is 102 Å². The van der Waals surface area contributed by atoms with Crippen molar-refractivity contribution >= 4 is 17.4 Å². The van der Waals surface area contributed by atoms with Gasteiger partial charge in [-0.25, -0.2) is 0 Å². The summed E-state index contributed by atoms with van der Waals surface area (Å²) in [5.74, 6) is 0.245. The zero-order valence-corrected chi connectivity index (χ0v) is 15.2. The molecule has 1 aliphatic rings. The number of carbonyl (C=O) groups is 1. The Bertz CT molecular complexity index is 896. The second-order valence-electron chi connectivity index (χ2n) is 6.90. The number of aromatic amines is 1. The van der Waals surface area contributed by atoms with Crippen molar-refractivity contribution in [1.82, 2.24) is 20.1 Å². The number of aryl methyl sites for hydroxylation is 1. The van der Waals surface area contributed by atoms with Crippen LogP contribution in [0.2, 0.25) is 0 Å². The van der Waals surface area contributed by atoms with Crippen molar-refractivity contribution in [2.45, 2.75) is 26.0 Å². The third kappa shape index (κ3) is 4.90. The monoisotopic (exact) mass is 368 g/mol. The molecule has 0 aliphatic carbocycles. The molecule has 2 atom stereocenters. The molecule has 3 N–H and O–H groups in total. The Balaban J connectivity index is 0.000000659. The van der Waals surface area contributed by atoms with Gasteiger partial charge in [-0.15, -0.1) is 0 Å². The van der Waals surface area contributed by atoms with Crippen molar-refractivity contribution in [3.8, 4) is 0 Å². The lowest BCUT2D eigenvalue weighted by atomic mass is 10.0. The molecule has 1 saturated heterocycles. The van der Waals surface area contributed by atoms with Crippen LogP contribution in [0, 0.1) is 12.8 Å². The Kier molecular flexibility index (Phi) is 6.16. The lowest BCUT2D eigenvalue weighted by Gasteiger charge is -2.15. The summed E-state index contributed by atoms with van der Waals surface area (Å²) in [6, 6.07) is 12.5. The Hall–Kier alpha value is -2.77. The number of benzene rings is 1. The molecule has 0 amide bonds. The second-order valence-corrected chi connectivity index (χ2v) is 6.90. The summed E-state index contributed by atoms with van der Waals surface area (Å²) in [5, 5.41) is 25.7. The standard InChI is InChI=1S/C19H22N4O.CH2O2/c1-13-7-17(22-21-13)9-16-11-23(12-19(16)24)10-14-4-5-18-15(8-14)3-2-6-20-18;2-1-3/h2-8,16,19,24H,9-12H2,1H3,(H,21,22);1H,(H,2,3)/t16-,19-;/m1./s1. The van der Waals surface area contributed by atoms with Crippen LogP contribution in [-0.2, 0) is 17.8 Å². The van der Waals surface area contributed by atoms with Crippen molar-refractivity contribution in [2.75, 3.05) is 13.1 Å². The van der Waals surface area contributed by atoms with Crippen molar-refractivity contribution in [2.24, 2.45) is 5.92 Å². The zero-order chi connectivity index (χ0) is 19.2. The van der Waals surface area contributed by atoms with Crippen LogP contribution in [0.15, 0.2) is 42.6 Å². The number of H-pyrrole nitrogens is 1. The van der Waals surface area contributed by atoms with E-state index in [2.05, 4.69) is 50.4 Å². The van der Waals surface area contributed by atoms with Crippen LogP contribution >= 0.6 is 0 Å². The predicted octanol–water partition coefficient (Wildman–Crippen LogP) is 2.00. The molecule has 27 heavy (non-hydrogen) atoms. The van der Waals surface area contributed by atoms with E-state index in [9.17, 15) is 5.11 Å². The first-order chi connectivity index (χ1) is 13.1. The molecule has 2 aromatic heterocycles. The zero-order valence-electron chi connectivity index (χ0n) is 15.2. The maximum Gasteiger partial charge on any atom is 0.290 e. The quantitative estimate of drug-likeness (QED) is 0.609. The van der Waals surface area contributed by atoms with Gasteiger partial charge in [0.1, 0.15) is 0 Å². The van der Waals surface area contributed by atoms with E-state index in [1.165, 1.54) is 10.9 Å². The Morgan fingerprint density at radius 1 is 1.30 bits per heavy atom. The summed E-state index contributed by atoms with van der Waals surface area (Å²) in [5.41, 5.74) is 4.39. The van der Waals surface area contributed by atoms with Crippen LogP contribution in [-0.4, -0.2) is 56.0 Å². The summed E-state index contributed by atoms with van der Waals surface area (Å²) < 4.78 is 0. The lowest BCUT2D eigenvalue weighted by molar-refractivity contribution is -0.122.